The van der Waals surface area contributed by atoms with Gasteiger partial charge in [0.1, 0.15) is 0 Å². The zero-order chi connectivity index (χ0) is 13.8. The zero-order valence-electron chi connectivity index (χ0n) is 11.5. The molecule has 0 fully saturated rings. The highest BCUT2D eigenvalue weighted by atomic mass is 19.2. The Bertz CT molecular complexity index is 559. The molecule has 0 amide bonds. The molecule has 0 spiro atoms. The van der Waals surface area contributed by atoms with Crippen molar-refractivity contribution in [1.82, 2.24) is 5.54 Å². The van der Waals surface area contributed by atoms with Gasteiger partial charge in [0.25, 0.3) is 0 Å². The first-order chi connectivity index (χ1) is 9.13. The maximum absolute atomic E-state index is 12.5. The van der Waals surface area contributed by atoms with E-state index < -0.39 is 0 Å². The van der Waals surface area contributed by atoms with Gasteiger partial charge in [-0.3, -0.25) is 0 Å². The largest absolute Gasteiger partial charge is 0.355 e. The molecule has 0 aromatic heterocycles. The second-order valence-electron chi connectivity index (χ2n) is 4.80. The number of para-hydroxylation sites is 1. The van der Waals surface area contributed by atoms with E-state index in [0.717, 1.165) is 22.5 Å². The lowest BCUT2D eigenvalue weighted by Crippen LogP contribution is -2.07. The van der Waals surface area contributed by atoms with Crippen LogP contribution in [0.4, 0.5) is 15.9 Å². The Morgan fingerprint density at radius 2 is 1.47 bits per heavy atom. The molecule has 0 aliphatic rings. The summed E-state index contributed by atoms with van der Waals surface area (Å²) in [5.41, 5.74) is 8.16. The Balaban J connectivity index is 2.41. The van der Waals surface area contributed by atoms with Crippen molar-refractivity contribution in [3.05, 3.63) is 58.7 Å². The first-order valence-corrected chi connectivity index (χ1v) is 6.38. The van der Waals surface area contributed by atoms with Gasteiger partial charge < -0.3 is 5.32 Å². The summed E-state index contributed by atoms with van der Waals surface area (Å²) in [7, 11) is 0. The third-order valence-corrected chi connectivity index (χ3v) is 3.39. The monoisotopic (exact) mass is 258 g/mol. The van der Waals surface area contributed by atoms with Gasteiger partial charge in [0.05, 0.1) is 6.54 Å². The van der Waals surface area contributed by atoms with Crippen LogP contribution in [0.5, 0.6) is 0 Å². The Morgan fingerprint density at radius 1 is 0.895 bits per heavy atom. The van der Waals surface area contributed by atoms with E-state index >= 15 is 0 Å². The molecular formula is C16H19FN2. The first kappa shape index (κ1) is 13.6. The van der Waals surface area contributed by atoms with E-state index in [4.69, 9.17) is 0 Å². The second kappa shape index (κ2) is 5.85. The van der Waals surface area contributed by atoms with Gasteiger partial charge in [0.2, 0.25) is 0 Å². The number of halogens is 1. The van der Waals surface area contributed by atoms with Crippen molar-refractivity contribution in [2.24, 2.45) is 0 Å². The summed E-state index contributed by atoms with van der Waals surface area (Å²) < 4.78 is 12.5. The van der Waals surface area contributed by atoms with Crippen molar-refractivity contribution >= 4 is 11.4 Å². The summed E-state index contributed by atoms with van der Waals surface area (Å²) >= 11 is 0. The molecule has 100 valence electrons. The van der Waals surface area contributed by atoms with Gasteiger partial charge in [-0.25, -0.2) is 0 Å². The van der Waals surface area contributed by atoms with Crippen LogP contribution in [-0.2, 0) is 6.54 Å². The minimum absolute atomic E-state index is 0.208. The average Bonchev–Trinajstić information content (AvgIpc) is 2.38. The van der Waals surface area contributed by atoms with Gasteiger partial charge in [-0.15, -0.1) is 4.48 Å². The predicted molar refractivity (Wildman–Crippen MR) is 78.3 cm³/mol. The molecule has 0 saturated carbocycles. The van der Waals surface area contributed by atoms with Crippen LogP contribution in [-0.4, -0.2) is 0 Å². The smallest absolute Gasteiger partial charge is 0.0533 e. The lowest BCUT2D eigenvalue weighted by Gasteiger charge is -2.17. The molecule has 2 nitrogen and oxygen atoms in total. The lowest BCUT2D eigenvalue weighted by atomic mass is 10.0. The number of anilines is 2. The molecule has 2 N–H and O–H groups in total. The molecule has 0 unspecified atom stereocenters. The second-order valence-corrected chi connectivity index (χ2v) is 4.80. The lowest BCUT2D eigenvalue weighted by molar-refractivity contribution is 0.330. The quantitative estimate of drug-likeness (QED) is 0.798. The highest BCUT2D eigenvalue weighted by molar-refractivity contribution is 5.69. The maximum Gasteiger partial charge on any atom is 0.0533 e. The van der Waals surface area contributed by atoms with Crippen LogP contribution < -0.4 is 10.9 Å². The van der Waals surface area contributed by atoms with Crippen LogP contribution in [0.15, 0.2) is 36.4 Å². The van der Waals surface area contributed by atoms with E-state index in [2.05, 4.69) is 31.3 Å². The van der Waals surface area contributed by atoms with Crippen molar-refractivity contribution in [1.29, 1.82) is 0 Å². The van der Waals surface area contributed by atoms with Crippen LogP contribution in [0.2, 0.25) is 0 Å². The first-order valence-electron chi connectivity index (χ1n) is 6.38. The summed E-state index contributed by atoms with van der Waals surface area (Å²) in [5.74, 6) is 0. The summed E-state index contributed by atoms with van der Waals surface area (Å²) in [5, 5.41) is 3.43. The Kier molecular flexibility index (Phi) is 4.17. The van der Waals surface area contributed by atoms with Gasteiger partial charge in [0.15, 0.2) is 0 Å². The van der Waals surface area contributed by atoms with Crippen LogP contribution in [0.1, 0.15) is 22.3 Å². The minimum atomic E-state index is 0.208. The van der Waals surface area contributed by atoms with Gasteiger partial charge in [-0.05, 0) is 49.1 Å². The van der Waals surface area contributed by atoms with Gasteiger partial charge in [-0.2, -0.15) is 5.54 Å². The van der Waals surface area contributed by atoms with Crippen molar-refractivity contribution in [3.8, 4) is 0 Å². The van der Waals surface area contributed by atoms with Gasteiger partial charge >= 0.3 is 0 Å². The summed E-state index contributed by atoms with van der Waals surface area (Å²) in [6.45, 7) is 6.33. The molecule has 0 aliphatic heterocycles. The SMILES string of the molecule is Cc1cccc(Nc2c(C)cccc2C)c1CNF. The Labute approximate surface area is 113 Å². The number of hydrogen-bond donors (Lipinski definition) is 2. The number of rotatable bonds is 4. The highest BCUT2D eigenvalue weighted by Crippen LogP contribution is 2.28. The van der Waals surface area contributed by atoms with Gasteiger partial charge in [-0.1, -0.05) is 30.3 Å². The zero-order valence-corrected chi connectivity index (χ0v) is 11.5. The Hall–Kier alpha value is -1.87. The molecule has 2 aromatic carbocycles. The standard InChI is InChI=1S/C16H19FN2/c1-11-6-5-9-15(14(11)10-18-17)19-16-12(2)7-4-8-13(16)3/h4-9,18-19H,10H2,1-3H3. The summed E-state index contributed by atoms with van der Waals surface area (Å²) in [6.07, 6.45) is 0. The van der Waals surface area contributed by atoms with E-state index in [9.17, 15) is 4.48 Å². The molecule has 2 aromatic rings. The third kappa shape index (κ3) is 2.93. The van der Waals surface area contributed by atoms with Crippen LogP contribution in [0, 0.1) is 20.8 Å². The molecule has 0 heterocycles. The summed E-state index contributed by atoms with van der Waals surface area (Å²) in [6, 6.07) is 12.1. The van der Waals surface area contributed by atoms with E-state index in [-0.39, 0.29) is 6.54 Å². The minimum Gasteiger partial charge on any atom is -0.355 e. The molecule has 0 atom stereocenters. The summed E-state index contributed by atoms with van der Waals surface area (Å²) in [4.78, 5) is 0. The van der Waals surface area contributed by atoms with Gasteiger partial charge in [0, 0.05) is 11.4 Å². The molecule has 0 saturated heterocycles. The number of benzene rings is 2. The molecule has 0 aliphatic carbocycles. The van der Waals surface area contributed by atoms with Crippen molar-refractivity contribution in [2.45, 2.75) is 27.3 Å². The molecule has 2 rings (SSSR count). The molecular weight excluding hydrogens is 239 g/mol. The maximum atomic E-state index is 12.5. The van der Waals surface area contributed by atoms with E-state index in [1.165, 1.54) is 11.1 Å². The Morgan fingerprint density at radius 3 is 2.11 bits per heavy atom. The van der Waals surface area contributed by atoms with E-state index in [1.54, 1.807) is 5.54 Å². The topological polar surface area (TPSA) is 24.1 Å². The van der Waals surface area contributed by atoms with Crippen molar-refractivity contribution in [3.63, 3.8) is 0 Å². The molecule has 0 radical (unpaired) electrons. The average molecular weight is 258 g/mol. The number of aryl methyl sites for hydroxylation is 3. The van der Waals surface area contributed by atoms with Crippen molar-refractivity contribution < 1.29 is 4.48 Å². The fourth-order valence-electron chi connectivity index (χ4n) is 2.27. The fourth-order valence-corrected chi connectivity index (χ4v) is 2.27. The predicted octanol–water partition coefficient (Wildman–Crippen LogP) is 4.33. The van der Waals surface area contributed by atoms with Crippen LogP contribution in [0.25, 0.3) is 0 Å². The molecule has 0 bridgehead atoms. The fraction of sp³-hybridized carbons (Fsp3) is 0.250. The number of nitrogens with one attached hydrogen (secondary N) is 2. The van der Waals surface area contributed by atoms with E-state index in [1.807, 2.05) is 31.2 Å². The third-order valence-electron chi connectivity index (χ3n) is 3.39. The molecule has 19 heavy (non-hydrogen) atoms. The molecule has 3 heteroatoms. The highest BCUT2D eigenvalue weighted by Gasteiger charge is 2.08. The number of hydrogen-bond acceptors (Lipinski definition) is 2. The normalized spacial score (nSPS) is 10.5. The van der Waals surface area contributed by atoms with E-state index in [0.29, 0.717) is 0 Å². The van der Waals surface area contributed by atoms with Crippen LogP contribution in [0.3, 0.4) is 0 Å². The van der Waals surface area contributed by atoms with Crippen molar-refractivity contribution in [2.75, 3.05) is 5.32 Å². The van der Waals surface area contributed by atoms with Crippen LogP contribution >= 0.6 is 0 Å².